The van der Waals surface area contributed by atoms with E-state index in [0.717, 1.165) is 58.5 Å². The van der Waals surface area contributed by atoms with Gasteiger partial charge < -0.3 is 16.0 Å². The van der Waals surface area contributed by atoms with Gasteiger partial charge in [0.05, 0.1) is 6.04 Å². The zero-order chi connectivity index (χ0) is 18.9. The lowest BCUT2D eigenvalue weighted by Crippen LogP contribution is -2.46. The van der Waals surface area contributed by atoms with Crippen LogP contribution in [0.5, 0.6) is 0 Å². The van der Waals surface area contributed by atoms with Gasteiger partial charge >= 0.3 is 0 Å². The van der Waals surface area contributed by atoms with E-state index in [-0.39, 0.29) is 11.9 Å². The number of hydrogen-bond acceptors (Lipinski definition) is 4. The fraction of sp³-hybridized carbons (Fsp3) is 0.667. The largest absolute Gasteiger partial charge is 0.369 e. The molecule has 0 spiro atoms. The van der Waals surface area contributed by atoms with Crippen molar-refractivity contribution in [3.63, 3.8) is 0 Å². The number of rotatable bonds is 9. The number of benzene rings is 1. The molecule has 0 radical (unpaired) electrons. The maximum atomic E-state index is 11.9. The number of nitrogens with two attached hydrogens (primary N) is 1. The molecule has 5 nitrogen and oxygen atoms in total. The zero-order valence-electron chi connectivity index (χ0n) is 16.7. The molecule has 1 saturated heterocycles. The molecule has 1 aliphatic heterocycles. The summed E-state index contributed by atoms with van der Waals surface area (Å²) in [4.78, 5) is 16.9. The van der Waals surface area contributed by atoms with Crippen LogP contribution in [0.15, 0.2) is 24.3 Å². The maximum absolute atomic E-state index is 11.9. The van der Waals surface area contributed by atoms with Gasteiger partial charge in [-0.05, 0) is 56.3 Å². The van der Waals surface area contributed by atoms with Crippen molar-refractivity contribution in [2.24, 2.45) is 11.7 Å². The average molecular weight is 361 g/mol. The van der Waals surface area contributed by atoms with Gasteiger partial charge in [-0.15, -0.1) is 0 Å². The minimum atomic E-state index is -0.371. The van der Waals surface area contributed by atoms with Crippen LogP contribution in [0, 0.1) is 12.8 Å². The van der Waals surface area contributed by atoms with E-state index in [9.17, 15) is 4.79 Å². The summed E-state index contributed by atoms with van der Waals surface area (Å²) in [5.74, 6) is 0.444. The van der Waals surface area contributed by atoms with E-state index < -0.39 is 0 Å². The van der Waals surface area contributed by atoms with E-state index in [1.807, 2.05) is 0 Å². The highest BCUT2D eigenvalue weighted by Gasteiger charge is 2.17. The Morgan fingerprint density at radius 1 is 1.19 bits per heavy atom. The predicted molar refractivity (Wildman–Crippen MR) is 110 cm³/mol. The number of aryl methyl sites for hydroxylation is 1. The Bertz CT molecular complexity index is 553. The summed E-state index contributed by atoms with van der Waals surface area (Å²) in [5.41, 5.74) is 8.55. The van der Waals surface area contributed by atoms with E-state index in [1.165, 1.54) is 11.3 Å². The fourth-order valence-corrected chi connectivity index (χ4v) is 3.47. The summed E-state index contributed by atoms with van der Waals surface area (Å²) in [5, 5.41) is 2.97. The average Bonchev–Trinajstić information content (AvgIpc) is 2.61. The molecule has 1 heterocycles. The van der Waals surface area contributed by atoms with Crippen LogP contribution < -0.4 is 16.0 Å². The van der Waals surface area contributed by atoms with Crippen molar-refractivity contribution >= 4 is 11.6 Å². The molecular formula is C21H36N4O. The van der Waals surface area contributed by atoms with Gasteiger partial charge in [0.2, 0.25) is 5.91 Å². The van der Waals surface area contributed by atoms with E-state index in [1.54, 1.807) is 0 Å². The number of piperazine rings is 1. The van der Waals surface area contributed by atoms with Crippen molar-refractivity contribution in [1.82, 2.24) is 10.2 Å². The van der Waals surface area contributed by atoms with Gasteiger partial charge in [0.15, 0.2) is 0 Å². The molecule has 1 atom stereocenters. The summed E-state index contributed by atoms with van der Waals surface area (Å²) in [6, 6.07) is 8.38. The molecule has 26 heavy (non-hydrogen) atoms. The quantitative estimate of drug-likeness (QED) is 0.664. The Labute approximate surface area is 158 Å². The Morgan fingerprint density at radius 2 is 1.92 bits per heavy atom. The van der Waals surface area contributed by atoms with Crippen molar-refractivity contribution in [3.05, 3.63) is 29.8 Å². The van der Waals surface area contributed by atoms with Gasteiger partial charge in [-0.25, -0.2) is 0 Å². The molecule has 0 bridgehead atoms. The number of nitrogens with one attached hydrogen (secondary N) is 1. The molecule has 1 aromatic rings. The maximum Gasteiger partial charge on any atom is 0.236 e. The van der Waals surface area contributed by atoms with Gasteiger partial charge in [0, 0.05) is 38.4 Å². The smallest absolute Gasteiger partial charge is 0.236 e. The molecule has 3 N–H and O–H groups in total. The monoisotopic (exact) mass is 360 g/mol. The Hall–Kier alpha value is -1.59. The first-order valence-corrected chi connectivity index (χ1v) is 10.0. The van der Waals surface area contributed by atoms with E-state index in [0.29, 0.717) is 5.92 Å². The number of carbonyl (C=O) groups excluding carboxylic acids is 1. The molecule has 1 aliphatic rings. The van der Waals surface area contributed by atoms with E-state index in [2.05, 4.69) is 60.2 Å². The number of nitrogens with zero attached hydrogens (tertiary/aromatic N) is 2. The van der Waals surface area contributed by atoms with Crippen molar-refractivity contribution in [1.29, 1.82) is 0 Å². The van der Waals surface area contributed by atoms with E-state index >= 15 is 0 Å². The molecule has 1 aromatic carbocycles. The third kappa shape index (κ3) is 6.96. The molecule has 0 aliphatic carbocycles. The molecule has 0 aromatic heterocycles. The van der Waals surface area contributed by atoms with E-state index in [4.69, 9.17) is 5.73 Å². The second kappa shape index (κ2) is 10.5. The zero-order valence-corrected chi connectivity index (χ0v) is 16.7. The number of anilines is 1. The molecule has 5 heteroatoms. The van der Waals surface area contributed by atoms with Gasteiger partial charge in [-0.2, -0.15) is 0 Å². The van der Waals surface area contributed by atoms with Crippen LogP contribution in [0.25, 0.3) is 0 Å². The normalized spacial score (nSPS) is 16.7. The van der Waals surface area contributed by atoms with Crippen molar-refractivity contribution in [3.8, 4) is 0 Å². The van der Waals surface area contributed by atoms with Gasteiger partial charge in [0.25, 0.3) is 0 Å². The lowest BCUT2D eigenvalue weighted by molar-refractivity contribution is -0.122. The Balaban J connectivity index is 1.57. The minimum Gasteiger partial charge on any atom is -0.369 e. The Kier molecular flexibility index (Phi) is 8.39. The number of carbonyl (C=O) groups is 1. The molecule has 1 fully saturated rings. The van der Waals surface area contributed by atoms with Crippen LogP contribution in [-0.2, 0) is 4.79 Å². The van der Waals surface area contributed by atoms with Gasteiger partial charge in [-0.3, -0.25) is 9.69 Å². The topological polar surface area (TPSA) is 61.6 Å². The molecule has 146 valence electrons. The number of unbranched alkanes of at least 4 members (excludes halogenated alkanes) is 1. The summed E-state index contributed by atoms with van der Waals surface area (Å²) < 4.78 is 0. The van der Waals surface area contributed by atoms with Crippen molar-refractivity contribution in [2.75, 3.05) is 44.2 Å². The van der Waals surface area contributed by atoms with Crippen LogP contribution in [0.3, 0.4) is 0 Å². The van der Waals surface area contributed by atoms with Crippen molar-refractivity contribution < 1.29 is 4.79 Å². The fourth-order valence-electron chi connectivity index (χ4n) is 3.47. The highest BCUT2D eigenvalue weighted by Crippen LogP contribution is 2.17. The van der Waals surface area contributed by atoms with Gasteiger partial charge in [-0.1, -0.05) is 26.0 Å². The molecule has 2 rings (SSSR count). The summed E-state index contributed by atoms with van der Waals surface area (Å²) in [7, 11) is 0. The molecule has 0 unspecified atom stereocenters. The van der Waals surface area contributed by atoms with Crippen LogP contribution in [0.4, 0.5) is 5.69 Å². The predicted octanol–water partition coefficient (Wildman–Crippen LogP) is 2.39. The highest BCUT2D eigenvalue weighted by atomic mass is 16.2. The summed E-state index contributed by atoms with van der Waals surface area (Å²) in [6.07, 6.45) is 2.87. The van der Waals surface area contributed by atoms with Crippen LogP contribution in [-0.4, -0.2) is 56.1 Å². The highest BCUT2D eigenvalue weighted by molar-refractivity contribution is 5.81. The third-order valence-corrected chi connectivity index (χ3v) is 5.00. The van der Waals surface area contributed by atoms with Crippen LogP contribution >= 0.6 is 0 Å². The second-order valence-electron chi connectivity index (χ2n) is 7.90. The minimum absolute atomic E-state index is 0.00883. The summed E-state index contributed by atoms with van der Waals surface area (Å²) in [6.45, 7) is 12.6. The SMILES string of the molecule is Cc1cccc(N2CCN(CCCCNC(=O)[C@@H](N)CC(C)C)CC2)c1. The standard InChI is InChI=1S/C21H36N4O/c1-17(2)15-20(22)21(26)23-9-4-5-10-24-11-13-25(14-12-24)19-8-6-7-18(3)16-19/h6-8,16-17,20H,4-5,9-15,22H2,1-3H3,(H,23,26)/t20-/m0/s1. The van der Waals surface area contributed by atoms with Crippen molar-refractivity contribution in [2.45, 2.75) is 46.1 Å². The first-order chi connectivity index (χ1) is 12.5. The summed E-state index contributed by atoms with van der Waals surface area (Å²) >= 11 is 0. The molecule has 1 amide bonds. The third-order valence-electron chi connectivity index (χ3n) is 5.00. The first kappa shape index (κ1) is 20.7. The number of hydrogen-bond donors (Lipinski definition) is 2. The molecule has 0 saturated carbocycles. The second-order valence-corrected chi connectivity index (χ2v) is 7.90. The Morgan fingerprint density at radius 3 is 2.58 bits per heavy atom. The lowest BCUT2D eigenvalue weighted by Gasteiger charge is -2.36. The van der Waals surface area contributed by atoms with Crippen LogP contribution in [0.1, 0.15) is 38.7 Å². The lowest BCUT2D eigenvalue weighted by atomic mass is 10.0. The van der Waals surface area contributed by atoms with Crippen LogP contribution in [0.2, 0.25) is 0 Å². The first-order valence-electron chi connectivity index (χ1n) is 10.0. The molecular weight excluding hydrogens is 324 g/mol. The number of amides is 1. The van der Waals surface area contributed by atoms with Gasteiger partial charge in [0.1, 0.15) is 0 Å².